The Labute approximate surface area is 120 Å². The molecule has 2 aliphatic carbocycles. The van der Waals surface area contributed by atoms with E-state index in [1.54, 1.807) is 24.3 Å². The molecule has 0 radical (unpaired) electrons. The number of hydrazone groups is 1. The van der Waals surface area contributed by atoms with Crippen LogP contribution in [0.3, 0.4) is 0 Å². The lowest BCUT2D eigenvalue weighted by molar-refractivity contribution is 0.495. The van der Waals surface area contributed by atoms with Gasteiger partial charge in [0.05, 0.1) is 4.90 Å². The summed E-state index contributed by atoms with van der Waals surface area (Å²) in [6, 6.07) is 6.81. The molecular formula is C15H20N2O2S. The van der Waals surface area contributed by atoms with E-state index >= 15 is 0 Å². The fraction of sp³-hybridized carbons (Fsp3) is 0.533. The molecule has 3 rings (SSSR count). The molecule has 4 nitrogen and oxygen atoms in total. The third kappa shape index (κ3) is 2.35. The number of nitrogens with zero attached hydrogens (tertiary/aromatic N) is 1. The lowest BCUT2D eigenvalue weighted by Crippen LogP contribution is -2.27. The van der Waals surface area contributed by atoms with Crippen molar-refractivity contribution in [2.75, 3.05) is 0 Å². The number of hydrogen-bond donors (Lipinski definition) is 1. The van der Waals surface area contributed by atoms with Crippen molar-refractivity contribution in [3.05, 3.63) is 29.8 Å². The molecule has 1 aromatic carbocycles. The Bertz CT molecular complexity index is 649. The van der Waals surface area contributed by atoms with Gasteiger partial charge >= 0.3 is 0 Å². The summed E-state index contributed by atoms with van der Waals surface area (Å²) in [5, 5.41) is 4.23. The average molecular weight is 292 g/mol. The number of nitrogens with one attached hydrogen (secondary N) is 1. The molecular weight excluding hydrogens is 272 g/mol. The summed E-state index contributed by atoms with van der Waals surface area (Å²) in [7, 11) is -3.55. The smallest absolute Gasteiger partial charge is 0.200 e. The Morgan fingerprint density at radius 1 is 1.30 bits per heavy atom. The third-order valence-corrected chi connectivity index (χ3v) is 5.88. The minimum absolute atomic E-state index is 0.112. The van der Waals surface area contributed by atoms with Crippen molar-refractivity contribution in [2.24, 2.45) is 16.4 Å². The van der Waals surface area contributed by atoms with E-state index in [4.69, 9.17) is 0 Å². The van der Waals surface area contributed by atoms with Gasteiger partial charge in [0.25, 0.3) is 10.0 Å². The third-order valence-electron chi connectivity index (χ3n) is 4.65. The van der Waals surface area contributed by atoms with Crippen molar-refractivity contribution >= 4 is 15.7 Å². The van der Waals surface area contributed by atoms with Crippen molar-refractivity contribution < 1.29 is 8.42 Å². The molecule has 2 saturated carbocycles. The SMILES string of the molecule is Cc1ccc(S(=O)(=O)N/N=C2/C[C@H]3CC[C@]2(C)C3)cc1. The van der Waals surface area contributed by atoms with Gasteiger partial charge in [0.15, 0.2) is 0 Å². The molecule has 0 aliphatic heterocycles. The molecule has 2 atom stereocenters. The highest BCUT2D eigenvalue weighted by molar-refractivity contribution is 7.89. The van der Waals surface area contributed by atoms with Crippen LogP contribution >= 0.6 is 0 Å². The maximum Gasteiger partial charge on any atom is 0.276 e. The number of fused-ring (bicyclic) bond motifs is 2. The summed E-state index contributed by atoms with van der Waals surface area (Å²) in [6.07, 6.45) is 4.47. The first kappa shape index (κ1) is 13.6. The van der Waals surface area contributed by atoms with E-state index in [0.717, 1.165) is 30.5 Å². The van der Waals surface area contributed by atoms with E-state index in [2.05, 4.69) is 16.9 Å². The maximum absolute atomic E-state index is 12.2. The lowest BCUT2D eigenvalue weighted by Gasteiger charge is -2.22. The standard InChI is InChI=1S/C15H20N2O2S/c1-11-3-5-13(6-4-11)20(18,19)17-16-14-9-12-7-8-15(14,2)10-12/h3-6,12,17H,7-10H2,1-2H3/b16-14-/t12-,15-/m1/s1. The van der Waals surface area contributed by atoms with E-state index in [-0.39, 0.29) is 10.3 Å². The molecule has 1 N–H and O–H groups in total. The van der Waals surface area contributed by atoms with Gasteiger partial charge in [-0.25, -0.2) is 4.83 Å². The van der Waals surface area contributed by atoms with Gasteiger partial charge in [-0.15, -0.1) is 0 Å². The minimum Gasteiger partial charge on any atom is -0.200 e. The van der Waals surface area contributed by atoms with E-state index in [1.807, 2.05) is 6.92 Å². The quantitative estimate of drug-likeness (QED) is 0.871. The largest absolute Gasteiger partial charge is 0.276 e. The fourth-order valence-electron chi connectivity index (χ4n) is 3.39. The molecule has 108 valence electrons. The number of benzene rings is 1. The second-order valence-electron chi connectivity index (χ2n) is 6.34. The van der Waals surface area contributed by atoms with Crippen molar-refractivity contribution in [1.82, 2.24) is 4.83 Å². The molecule has 20 heavy (non-hydrogen) atoms. The highest BCUT2D eigenvalue weighted by Gasteiger charge is 2.46. The highest BCUT2D eigenvalue weighted by Crippen LogP contribution is 2.51. The molecule has 0 aromatic heterocycles. The molecule has 2 aliphatic rings. The van der Waals surface area contributed by atoms with E-state index in [1.165, 1.54) is 6.42 Å². The van der Waals surface area contributed by atoms with Gasteiger partial charge in [0.1, 0.15) is 0 Å². The Morgan fingerprint density at radius 2 is 2.00 bits per heavy atom. The molecule has 0 heterocycles. The summed E-state index contributed by atoms with van der Waals surface area (Å²) >= 11 is 0. The van der Waals surface area contributed by atoms with Gasteiger partial charge in [0.2, 0.25) is 0 Å². The van der Waals surface area contributed by atoms with E-state index in [0.29, 0.717) is 5.92 Å². The van der Waals surface area contributed by atoms with Crippen molar-refractivity contribution in [3.63, 3.8) is 0 Å². The van der Waals surface area contributed by atoms with Gasteiger partial charge in [-0.05, 0) is 50.7 Å². The van der Waals surface area contributed by atoms with Gasteiger partial charge in [-0.2, -0.15) is 13.5 Å². The van der Waals surface area contributed by atoms with Crippen LogP contribution in [0.1, 0.15) is 38.2 Å². The Morgan fingerprint density at radius 3 is 2.55 bits per heavy atom. The average Bonchev–Trinajstić information content (AvgIpc) is 2.92. The monoisotopic (exact) mass is 292 g/mol. The first-order chi connectivity index (χ1) is 9.39. The van der Waals surface area contributed by atoms with Crippen LogP contribution in [0.2, 0.25) is 0 Å². The predicted octanol–water partition coefficient (Wildman–Crippen LogP) is 2.84. The number of hydrogen-bond acceptors (Lipinski definition) is 3. The van der Waals surface area contributed by atoms with Crippen LogP contribution in [0.25, 0.3) is 0 Å². The molecule has 2 bridgehead atoms. The number of aryl methyl sites for hydroxylation is 1. The number of rotatable bonds is 3. The maximum atomic E-state index is 12.2. The van der Waals surface area contributed by atoms with Crippen molar-refractivity contribution in [2.45, 2.75) is 44.4 Å². The van der Waals surface area contributed by atoms with Crippen LogP contribution < -0.4 is 4.83 Å². The van der Waals surface area contributed by atoms with Crippen LogP contribution in [0.15, 0.2) is 34.3 Å². The predicted molar refractivity (Wildman–Crippen MR) is 79.0 cm³/mol. The topological polar surface area (TPSA) is 58.5 Å². The van der Waals surface area contributed by atoms with E-state index < -0.39 is 10.0 Å². The molecule has 0 spiro atoms. The van der Waals surface area contributed by atoms with Crippen molar-refractivity contribution in [3.8, 4) is 0 Å². The Kier molecular flexibility index (Phi) is 3.12. The first-order valence-corrected chi connectivity index (χ1v) is 8.53. The molecule has 0 saturated heterocycles. The van der Waals surface area contributed by atoms with E-state index in [9.17, 15) is 8.42 Å². The highest BCUT2D eigenvalue weighted by atomic mass is 32.2. The van der Waals surface area contributed by atoms with Crippen LogP contribution in [0.4, 0.5) is 0 Å². The summed E-state index contributed by atoms with van der Waals surface area (Å²) in [6.45, 7) is 4.12. The lowest BCUT2D eigenvalue weighted by atomic mass is 9.85. The second-order valence-corrected chi connectivity index (χ2v) is 8.00. The van der Waals surface area contributed by atoms with Crippen LogP contribution in [0, 0.1) is 18.3 Å². The Hall–Kier alpha value is -1.36. The molecule has 2 fully saturated rings. The van der Waals surface area contributed by atoms with Gasteiger partial charge in [-0.1, -0.05) is 24.6 Å². The zero-order valence-corrected chi connectivity index (χ0v) is 12.7. The molecule has 0 unspecified atom stereocenters. The molecule has 1 aromatic rings. The zero-order chi connectivity index (χ0) is 14.4. The van der Waals surface area contributed by atoms with Crippen LogP contribution in [0.5, 0.6) is 0 Å². The van der Waals surface area contributed by atoms with Crippen molar-refractivity contribution in [1.29, 1.82) is 0 Å². The Balaban J connectivity index is 1.79. The first-order valence-electron chi connectivity index (χ1n) is 7.05. The number of sulfonamides is 1. The van der Waals surface area contributed by atoms with Crippen LogP contribution in [-0.2, 0) is 10.0 Å². The normalized spacial score (nSPS) is 30.9. The van der Waals surface area contributed by atoms with Gasteiger partial charge in [0, 0.05) is 11.1 Å². The summed E-state index contributed by atoms with van der Waals surface area (Å²) in [5.74, 6) is 0.697. The summed E-state index contributed by atoms with van der Waals surface area (Å²) in [4.78, 5) is 2.67. The van der Waals surface area contributed by atoms with Crippen LogP contribution in [-0.4, -0.2) is 14.1 Å². The summed E-state index contributed by atoms with van der Waals surface area (Å²) in [5.41, 5.74) is 2.17. The fourth-order valence-corrected chi connectivity index (χ4v) is 4.22. The van der Waals surface area contributed by atoms with Gasteiger partial charge < -0.3 is 0 Å². The summed E-state index contributed by atoms with van der Waals surface area (Å²) < 4.78 is 24.4. The second kappa shape index (κ2) is 4.58. The molecule has 5 heteroatoms. The molecule has 0 amide bonds. The zero-order valence-electron chi connectivity index (χ0n) is 11.9. The van der Waals surface area contributed by atoms with Gasteiger partial charge in [-0.3, -0.25) is 0 Å². The minimum atomic E-state index is -3.55.